The molecule has 0 radical (unpaired) electrons. The lowest BCUT2D eigenvalue weighted by Gasteiger charge is -2.16. The van der Waals surface area contributed by atoms with Crippen molar-refractivity contribution in [1.29, 1.82) is 0 Å². The molecule has 0 fully saturated rings. The van der Waals surface area contributed by atoms with Crippen molar-refractivity contribution in [2.45, 2.75) is 32.1 Å². The van der Waals surface area contributed by atoms with Gasteiger partial charge in [-0.25, -0.2) is 0 Å². The molecule has 2 nitrogen and oxygen atoms in total. The van der Waals surface area contributed by atoms with Crippen LogP contribution in [-0.4, -0.2) is 5.91 Å². The van der Waals surface area contributed by atoms with E-state index in [4.69, 9.17) is 0 Å². The third kappa shape index (κ3) is 3.64. The lowest BCUT2D eigenvalue weighted by molar-refractivity contribution is -0.115. The highest BCUT2D eigenvalue weighted by molar-refractivity contribution is 14.1. The molecule has 0 unspecified atom stereocenters. The van der Waals surface area contributed by atoms with Gasteiger partial charge in [-0.1, -0.05) is 30.3 Å². The van der Waals surface area contributed by atoms with Crippen molar-refractivity contribution in [2.24, 2.45) is 0 Å². The summed E-state index contributed by atoms with van der Waals surface area (Å²) < 4.78 is 1.06. The summed E-state index contributed by atoms with van der Waals surface area (Å²) in [4.78, 5) is 12.2. The average molecular weight is 391 g/mol. The van der Waals surface area contributed by atoms with Gasteiger partial charge in [0.1, 0.15) is 0 Å². The molecule has 2 aromatic rings. The second kappa shape index (κ2) is 6.60. The van der Waals surface area contributed by atoms with Crippen molar-refractivity contribution in [3.05, 3.63) is 62.7 Å². The number of amides is 1. The minimum absolute atomic E-state index is 0.0508. The fraction of sp³-hybridized carbons (Fsp3) is 0.278. The van der Waals surface area contributed by atoms with E-state index >= 15 is 0 Å². The van der Waals surface area contributed by atoms with E-state index in [-0.39, 0.29) is 5.91 Å². The minimum atomic E-state index is 0.0508. The first-order valence-corrected chi connectivity index (χ1v) is 8.45. The number of fused-ring (bicyclic) bond motifs is 1. The molecule has 0 saturated carbocycles. The zero-order valence-electron chi connectivity index (χ0n) is 11.9. The summed E-state index contributed by atoms with van der Waals surface area (Å²) in [5, 5.41) is 2.99. The smallest absolute Gasteiger partial charge is 0.228 e. The molecule has 108 valence electrons. The van der Waals surface area contributed by atoms with Gasteiger partial charge in [-0.2, -0.15) is 0 Å². The molecule has 0 saturated heterocycles. The quantitative estimate of drug-likeness (QED) is 0.775. The lowest BCUT2D eigenvalue weighted by Crippen LogP contribution is -2.15. The Morgan fingerprint density at radius 2 is 1.81 bits per heavy atom. The molecule has 21 heavy (non-hydrogen) atoms. The SMILES string of the molecule is O=C(Cc1ccc2c(c1)CCCC2)Nc1ccccc1I. The van der Waals surface area contributed by atoms with E-state index < -0.39 is 0 Å². The first kappa shape index (κ1) is 14.6. The van der Waals surface area contributed by atoms with E-state index in [1.165, 1.54) is 30.4 Å². The van der Waals surface area contributed by atoms with Crippen molar-refractivity contribution >= 4 is 34.2 Å². The fourth-order valence-electron chi connectivity index (χ4n) is 2.84. The summed E-state index contributed by atoms with van der Waals surface area (Å²) in [6.07, 6.45) is 5.34. The van der Waals surface area contributed by atoms with Gasteiger partial charge >= 0.3 is 0 Å². The standard InChI is InChI=1S/C18H18INO/c19-16-7-3-4-8-17(16)20-18(21)12-13-9-10-14-5-1-2-6-15(14)11-13/h3-4,7-11H,1-2,5-6,12H2,(H,20,21). The third-order valence-corrected chi connectivity index (χ3v) is 4.87. The average Bonchev–Trinajstić information content (AvgIpc) is 2.49. The molecular weight excluding hydrogens is 373 g/mol. The first-order valence-electron chi connectivity index (χ1n) is 7.37. The molecule has 0 aromatic heterocycles. The third-order valence-electron chi connectivity index (χ3n) is 3.93. The minimum Gasteiger partial charge on any atom is -0.325 e. The predicted molar refractivity (Wildman–Crippen MR) is 94.6 cm³/mol. The summed E-state index contributed by atoms with van der Waals surface area (Å²) in [5.74, 6) is 0.0508. The highest BCUT2D eigenvalue weighted by Gasteiger charge is 2.11. The maximum absolute atomic E-state index is 12.2. The number of para-hydroxylation sites is 1. The van der Waals surface area contributed by atoms with Crippen molar-refractivity contribution in [2.75, 3.05) is 5.32 Å². The van der Waals surface area contributed by atoms with Gasteiger partial charge in [-0.05, 0) is 77.1 Å². The number of carbonyl (C=O) groups excluding carboxylic acids is 1. The van der Waals surface area contributed by atoms with E-state index in [0.717, 1.165) is 21.2 Å². The van der Waals surface area contributed by atoms with Crippen LogP contribution in [0.5, 0.6) is 0 Å². The molecule has 1 amide bonds. The van der Waals surface area contributed by atoms with Crippen molar-refractivity contribution in [3.8, 4) is 0 Å². The van der Waals surface area contributed by atoms with E-state index in [0.29, 0.717) is 6.42 Å². The number of rotatable bonds is 3. The highest BCUT2D eigenvalue weighted by atomic mass is 127. The number of nitrogens with one attached hydrogen (secondary N) is 1. The Morgan fingerprint density at radius 1 is 1.05 bits per heavy atom. The van der Waals surface area contributed by atoms with Crippen LogP contribution in [-0.2, 0) is 24.1 Å². The van der Waals surface area contributed by atoms with Gasteiger partial charge in [0.2, 0.25) is 5.91 Å². The van der Waals surface area contributed by atoms with E-state index in [1.54, 1.807) is 0 Å². The number of anilines is 1. The largest absolute Gasteiger partial charge is 0.325 e. The Kier molecular flexibility index (Phi) is 4.58. The van der Waals surface area contributed by atoms with Gasteiger partial charge in [0, 0.05) is 3.57 Å². The van der Waals surface area contributed by atoms with Gasteiger partial charge in [0.15, 0.2) is 0 Å². The van der Waals surface area contributed by atoms with Crippen LogP contribution in [0.2, 0.25) is 0 Å². The number of hydrogen-bond donors (Lipinski definition) is 1. The molecule has 1 N–H and O–H groups in total. The Balaban J connectivity index is 1.69. The van der Waals surface area contributed by atoms with Crippen LogP contribution >= 0.6 is 22.6 Å². The predicted octanol–water partition coefficient (Wildman–Crippen LogP) is 4.35. The number of aryl methyl sites for hydroxylation is 2. The van der Waals surface area contributed by atoms with E-state index in [1.807, 2.05) is 24.3 Å². The summed E-state index contributed by atoms with van der Waals surface area (Å²) in [6, 6.07) is 14.4. The molecule has 0 heterocycles. The van der Waals surface area contributed by atoms with Gasteiger partial charge < -0.3 is 5.32 Å². The van der Waals surface area contributed by atoms with Crippen molar-refractivity contribution in [3.63, 3.8) is 0 Å². The monoisotopic (exact) mass is 391 g/mol. The molecule has 0 atom stereocenters. The maximum atomic E-state index is 12.2. The topological polar surface area (TPSA) is 29.1 Å². The van der Waals surface area contributed by atoms with Crippen LogP contribution in [0.1, 0.15) is 29.5 Å². The number of halogens is 1. The summed E-state index contributed by atoms with van der Waals surface area (Å²) >= 11 is 2.24. The number of benzene rings is 2. The first-order chi connectivity index (χ1) is 10.2. The normalized spacial score (nSPS) is 13.6. The molecular formula is C18H18INO. The van der Waals surface area contributed by atoms with Crippen LogP contribution in [0.15, 0.2) is 42.5 Å². The zero-order valence-corrected chi connectivity index (χ0v) is 14.0. The zero-order chi connectivity index (χ0) is 14.7. The molecule has 0 bridgehead atoms. The molecule has 3 heteroatoms. The van der Waals surface area contributed by atoms with Gasteiger partial charge in [-0.3, -0.25) is 4.79 Å². The van der Waals surface area contributed by atoms with Crippen LogP contribution in [0, 0.1) is 3.57 Å². The Hall–Kier alpha value is -1.36. The molecule has 2 aromatic carbocycles. The molecule has 1 aliphatic rings. The molecule has 0 aliphatic heterocycles. The second-order valence-electron chi connectivity index (χ2n) is 5.51. The molecule has 1 aliphatic carbocycles. The second-order valence-corrected chi connectivity index (χ2v) is 6.68. The van der Waals surface area contributed by atoms with Crippen LogP contribution in [0.3, 0.4) is 0 Å². The van der Waals surface area contributed by atoms with Crippen molar-refractivity contribution in [1.82, 2.24) is 0 Å². The van der Waals surface area contributed by atoms with Gasteiger partial charge in [0.25, 0.3) is 0 Å². The Bertz CT molecular complexity index is 666. The summed E-state index contributed by atoms with van der Waals surface area (Å²) in [7, 11) is 0. The Morgan fingerprint density at radius 3 is 2.62 bits per heavy atom. The number of carbonyl (C=O) groups is 1. The van der Waals surface area contributed by atoms with Gasteiger partial charge in [-0.15, -0.1) is 0 Å². The van der Waals surface area contributed by atoms with Gasteiger partial charge in [0.05, 0.1) is 12.1 Å². The fourth-order valence-corrected chi connectivity index (χ4v) is 3.36. The van der Waals surface area contributed by atoms with Crippen LogP contribution < -0.4 is 5.32 Å². The summed E-state index contributed by atoms with van der Waals surface area (Å²) in [6.45, 7) is 0. The summed E-state index contributed by atoms with van der Waals surface area (Å²) in [5.41, 5.74) is 4.89. The number of hydrogen-bond acceptors (Lipinski definition) is 1. The lowest BCUT2D eigenvalue weighted by atomic mass is 9.90. The van der Waals surface area contributed by atoms with E-state index in [9.17, 15) is 4.79 Å². The van der Waals surface area contributed by atoms with Crippen LogP contribution in [0.4, 0.5) is 5.69 Å². The Labute approximate surface area is 139 Å². The molecule has 0 spiro atoms. The highest BCUT2D eigenvalue weighted by Crippen LogP contribution is 2.23. The molecule has 3 rings (SSSR count). The maximum Gasteiger partial charge on any atom is 0.228 e. The van der Waals surface area contributed by atoms with E-state index in [2.05, 4.69) is 46.1 Å². The van der Waals surface area contributed by atoms with Crippen LogP contribution in [0.25, 0.3) is 0 Å². The van der Waals surface area contributed by atoms with Crippen molar-refractivity contribution < 1.29 is 4.79 Å².